The van der Waals surface area contributed by atoms with Crippen LogP contribution < -0.4 is 11.5 Å². The molecular weight excluding hydrogens is 268 g/mol. The number of hydrogen-bond donors (Lipinski definition) is 4. The minimum Gasteiger partial charge on any atom is -0.313 e. The van der Waals surface area contributed by atoms with Crippen LogP contribution in [-0.4, -0.2) is 17.8 Å². The van der Waals surface area contributed by atoms with Crippen LogP contribution in [0.2, 0.25) is 0 Å². The molecule has 0 saturated heterocycles. The zero-order valence-corrected chi connectivity index (χ0v) is 12.7. The second kappa shape index (κ2) is 11.4. The minimum atomic E-state index is -0.360. The van der Waals surface area contributed by atoms with Gasteiger partial charge in [0.1, 0.15) is 0 Å². The number of nitrogens with two attached hydrogens (primary N) is 2. The predicted octanol–water partition coefficient (Wildman–Crippen LogP) is 2.56. The van der Waals surface area contributed by atoms with Crippen molar-refractivity contribution in [3.63, 3.8) is 0 Å². The second-order valence-electron chi connectivity index (χ2n) is 5.87. The quantitative estimate of drug-likeness (QED) is 0.354. The van der Waals surface area contributed by atoms with E-state index in [0.717, 1.165) is 12.2 Å². The van der Waals surface area contributed by atoms with Gasteiger partial charge in [0.2, 0.25) is 12.2 Å². The van der Waals surface area contributed by atoms with Gasteiger partial charge in [0.05, 0.1) is 5.66 Å². The second-order valence-corrected chi connectivity index (χ2v) is 5.87. The van der Waals surface area contributed by atoms with E-state index in [0.29, 0.717) is 11.8 Å². The fraction of sp³-hybridized carbons (Fsp3) is 0.867. The molecule has 0 heterocycles. The van der Waals surface area contributed by atoms with Crippen molar-refractivity contribution in [2.45, 2.75) is 69.9 Å². The Morgan fingerprint density at radius 2 is 0.952 bits per heavy atom. The molecule has 21 heavy (non-hydrogen) atoms. The molecule has 0 aliphatic heterocycles. The first kappa shape index (κ1) is 19.7. The zero-order chi connectivity index (χ0) is 16.1. The van der Waals surface area contributed by atoms with E-state index in [1.165, 1.54) is 64.2 Å². The van der Waals surface area contributed by atoms with Crippen LogP contribution >= 0.6 is 0 Å². The third-order valence-corrected chi connectivity index (χ3v) is 4.62. The molecular formula is C15H28N4O2. The first-order valence-corrected chi connectivity index (χ1v) is 7.70. The molecule has 0 atom stereocenters. The molecule has 0 aromatic heterocycles. The highest BCUT2D eigenvalue weighted by molar-refractivity contribution is 5.26. The first-order chi connectivity index (χ1) is 10.0. The van der Waals surface area contributed by atoms with E-state index in [4.69, 9.17) is 31.9 Å². The van der Waals surface area contributed by atoms with Crippen LogP contribution in [0.1, 0.15) is 64.2 Å². The average Bonchev–Trinajstić information content (AvgIpc) is 2.51. The maximum Gasteiger partial charge on any atom is 0.231 e. The number of carbonyl (C=O) groups excluding carboxylic acids is 2. The van der Waals surface area contributed by atoms with Gasteiger partial charge in [-0.05, 0) is 37.5 Å². The average molecular weight is 296 g/mol. The lowest BCUT2D eigenvalue weighted by molar-refractivity contribution is 0.111. The molecule has 0 bridgehead atoms. The zero-order valence-electron chi connectivity index (χ0n) is 12.7. The summed E-state index contributed by atoms with van der Waals surface area (Å²) in [4.78, 5) is 16.7. The van der Waals surface area contributed by atoms with E-state index in [9.17, 15) is 0 Å². The molecule has 0 aromatic rings. The number of nitrogens with one attached hydrogen (secondary N) is 2. The number of rotatable bonds is 2. The molecule has 2 saturated carbocycles. The smallest absolute Gasteiger partial charge is 0.231 e. The van der Waals surface area contributed by atoms with Crippen LogP contribution in [-0.2, 0) is 9.59 Å². The van der Waals surface area contributed by atoms with Crippen LogP contribution in [0.25, 0.3) is 0 Å². The normalized spacial score (nSPS) is 19.9. The summed E-state index contributed by atoms with van der Waals surface area (Å²) in [5.41, 5.74) is 12.5. The van der Waals surface area contributed by atoms with Gasteiger partial charge in [-0.3, -0.25) is 0 Å². The topological polar surface area (TPSA) is 134 Å². The summed E-state index contributed by atoms with van der Waals surface area (Å²) in [6.07, 6.45) is 14.7. The number of isocyanates is 2. The van der Waals surface area contributed by atoms with Gasteiger partial charge in [-0.15, -0.1) is 0 Å². The Balaban J connectivity index is 0.000000578. The van der Waals surface area contributed by atoms with Crippen molar-refractivity contribution in [1.29, 1.82) is 10.8 Å². The maximum atomic E-state index is 8.35. The van der Waals surface area contributed by atoms with Gasteiger partial charge in [-0.25, -0.2) is 20.4 Å². The molecule has 2 fully saturated rings. The Morgan fingerprint density at radius 1 is 0.714 bits per heavy atom. The number of hydrogen-bond acceptors (Lipinski definition) is 6. The summed E-state index contributed by atoms with van der Waals surface area (Å²) in [6, 6.07) is 0. The Kier molecular flexibility index (Phi) is 10.6. The van der Waals surface area contributed by atoms with E-state index in [1.807, 2.05) is 0 Å². The van der Waals surface area contributed by atoms with Gasteiger partial charge in [0.15, 0.2) is 0 Å². The van der Waals surface area contributed by atoms with Crippen molar-refractivity contribution in [2.24, 2.45) is 23.3 Å². The van der Waals surface area contributed by atoms with Gasteiger partial charge in [0, 0.05) is 0 Å². The van der Waals surface area contributed by atoms with Gasteiger partial charge >= 0.3 is 0 Å². The standard InChI is InChI=1S/C13H26N2.2CHNO/c14-13(15,11-7-3-1-4-8-11)12-9-5-2-6-10-12;2*2-1-3/h11-12H,1-10,14-15H2;2*2H. The van der Waals surface area contributed by atoms with Gasteiger partial charge in [0.25, 0.3) is 0 Å². The highest BCUT2D eigenvalue weighted by atomic mass is 16.1. The molecule has 0 unspecified atom stereocenters. The summed E-state index contributed by atoms with van der Waals surface area (Å²) in [6.45, 7) is 0. The summed E-state index contributed by atoms with van der Waals surface area (Å²) in [5, 5.41) is 10.8. The Morgan fingerprint density at radius 3 is 1.19 bits per heavy atom. The Labute approximate surface area is 126 Å². The highest BCUT2D eigenvalue weighted by Gasteiger charge is 2.39. The summed E-state index contributed by atoms with van der Waals surface area (Å²) < 4.78 is 0. The first-order valence-electron chi connectivity index (χ1n) is 7.70. The molecule has 0 radical (unpaired) electrons. The third-order valence-electron chi connectivity index (χ3n) is 4.62. The predicted molar refractivity (Wildman–Crippen MR) is 81.1 cm³/mol. The van der Waals surface area contributed by atoms with E-state index < -0.39 is 0 Å². The lowest BCUT2D eigenvalue weighted by Crippen LogP contribution is -2.61. The van der Waals surface area contributed by atoms with Crippen molar-refractivity contribution in [3.8, 4) is 0 Å². The van der Waals surface area contributed by atoms with Crippen molar-refractivity contribution < 1.29 is 9.59 Å². The maximum absolute atomic E-state index is 8.35. The fourth-order valence-corrected chi connectivity index (χ4v) is 3.54. The van der Waals surface area contributed by atoms with Gasteiger partial charge in [-0.1, -0.05) is 38.5 Å². The van der Waals surface area contributed by atoms with Crippen LogP contribution in [0.15, 0.2) is 0 Å². The fourth-order valence-electron chi connectivity index (χ4n) is 3.54. The molecule has 6 heteroatoms. The monoisotopic (exact) mass is 296 g/mol. The molecule has 0 spiro atoms. The van der Waals surface area contributed by atoms with E-state index >= 15 is 0 Å². The van der Waals surface area contributed by atoms with Crippen LogP contribution in [0, 0.1) is 22.7 Å². The van der Waals surface area contributed by atoms with Crippen molar-refractivity contribution in [3.05, 3.63) is 0 Å². The van der Waals surface area contributed by atoms with E-state index in [-0.39, 0.29) is 5.66 Å². The molecule has 6 N–H and O–H groups in total. The third kappa shape index (κ3) is 7.30. The summed E-state index contributed by atoms with van der Waals surface area (Å²) >= 11 is 0. The van der Waals surface area contributed by atoms with Crippen LogP contribution in [0.4, 0.5) is 0 Å². The van der Waals surface area contributed by atoms with E-state index in [1.54, 1.807) is 0 Å². The van der Waals surface area contributed by atoms with Crippen LogP contribution in [0.5, 0.6) is 0 Å². The van der Waals surface area contributed by atoms with Crippen LogP contribution in [0.3, 0.4) is 0 Å². The van der Waals surface area contributed by atoms with E-state index in [2.05, 4.69) is 0 Å². The van der Waals surface area contributed by atoms with Gasteiger partial charge < -0.3 is 11.5 Å². The molecule has 0 aromatic carbocycles. The molecule has 2 aliphatic carbocycles. The summed E-state index contributed by atoms with van der Waals surface area (Å²) in [7, 11) is 0. The van der Waals surface area contributed by atoms with Crippen molar-refractivity contribution in [2.75, 3.05) is 0 Å². The Bertz CT molecular complexity index is 302. The largest absolute Gasteiger partial charge is 0.313 e. The molecule has 120 valence electrons. The molecule has 0 amide bonds. The molecule has 2 rings (SSSR count). The van der Waals surface area contributed by atoms with Crippen molar-refractivity contribution in [1.82, 2.24) is 0 Å². The lowest BCUT2D eigenvalue weighted by Gasteiger charge is -2.44. The van der Waals surface area contributed by atoms with Gasteiger partial charge in [-0.2, -0.15) is 0 Å². The Hall–Kier alpha value is -1.32. The minimum absolute atomic E-state index is 0.360. The summed E-state index contributed by atoms with van der Waals surface area (Å²) in [5.74, 6) is 1.18. The van der Waals surface area contributed by atoms with Crippen molar-refractivity contribution >= 4 is 12.2 Å². The highest BCUT2D eigenvalue weighted by Crippen LogP contribution is 2.38. The molecule has 6 nitrogen and oxygen atoms in total. The molecule has 2 aliphatic rings. The SMILES string of the molecule is N=C=O.N=C=O.NC(N)(C1CCCCC1)C1CCCCC1. The lowest BCUT2D eigenvalue weighted by atomic mass is 9.70.